The number of hydrogen-bond acceptors (Lipinski definition) is 5. The molecule has 8 nitrogen and oxygen atoms in total. The maximum Gasteiger partial charge on any atom is 0.274 e. The number of amides is 1. The van der Waals surface area contributed by atoms with Gasteiger partial charge in [0, 0.05) is 23.4 Å². The van der Waals surface area contributed by atoms with Gasteiger partial charge in [-0.25, -0.2) is 0 Å². The lowest BCUT2D eigenvalue weighted by Gasteiger charge is -2.09. The summed E-state index contributed by atoms with van der Waals surface area (Å²) in [5.41, 5.74) is 1.49. The number of aromatic nitrogens is 4. The van der Waals surface area contributed by atoms with Crippen molar-refractivity contribution in [1.29, 1.82) is 0 Å². The van der Waals surface area contributed by atoms with E-state index in [9.17, 15) is 9.59 Å². The summed E-state index contributed by atoms with van der Waals surface area (Å²) in [6.07, 6.45) is 0.649. The van der Waals surface area contributed by atoms with Crippen LogP contribution in [0.3, 0.4) is 0 Å². The highest BCUT2D eigenvalue weighted by atomic mass is 16.5. The van der Waals surface area contributed by atoms with Gasteiger partial charge in [0.25, 0.3) is 11.5 Å². The van der Waals surface area contributed by atoms with Crippen molar-refractivity contribution < 1.29 is 9.53 Å². The molecule has 2 aromatic heterocycles. The van der Waals surface area contributed by atoms with Crippen LogP contribution in [0.4, 0.5) is 5.82 Å². The molecular formula is C18H19N5O3. The van der Waals surface area contributed by atoms with Crippen molar-refractivity contribution in [3.63, 3.8) is 0 Å². The second-order valence-corrected chi connectivity index (χ2v) is 5.69. The zero-order chi connectivity index (χ0) is 18.7. The van der Waals surface area contributed by atoms with E-state index >= 15 is 0 Å². The zero-order valence-corrected chi connectivity index (χ0v) is 14.7. The molecule has 0 aliphatic rings. The molecule has 0 aliphatic carbocycles. The molecule has 8 heteroatoms. The fourth-order valence-electron chi connectivity index (χ4n) is 2.49. The summed E-state index contributed by atoms with van der Waals surface area (Å²) in [6, 6.07) is 9.96. The minimum atomic E-state index is -0.367. The van der Waals surface area contributed by atoms with E-state index in [1.54, 1.807) is 37.3 Å². The first-order valence-electron chi connectivity index (χ1n) is 8.13. The van der Waals surface area contributed by atoms with Crippen molar-refractivity contribution in [3.05, 3.63) is 63.7 Å². The number of methoxy groups -OCH3 is 1. The highest BCUT2D eigenvalue weighted by Gasteiger charge is 2.15. The summed E-state index contributed by atoms with van der Waals surface area (Å²) in [5.74, 6) is 0.929. The summed E-state index contributed by atoms with van der Waals surface area (Å²) in [4.78, 5) is 31.4. The van der Waals surface area contributed by atoms with Gasteiger partial charge in [-0.15, -0.1) is 0 Å². The van der Waals surface area contributed by atoms with Gasteiger partial charge in [-0.2, -0.15) is 14.8 Å². The number of aryl methyl sites for hydroxylation is 2. The number of aromatic amines is 1. The van der Waals surface area contributed by atoms with Gasteiger partial charge in [0.1, 0.15) is 11.6 Å². The molecule has 1 amide bonds. The number of nitrogens with one attached hydrogen (secondary N) is 2. The molecule has 0 saturated heterocycles. The van der Waals surface area contributed by atoms with Gasteiger partial charge in [0.15, 0.2) is 0 Å². The highest BCUT2D eigenvalue weighted by Crippen LogP contribution is 2.17. The Morgan fingerprint density at radius 1 is 1.31 bits per heavy atom. The maximum atomic E-state index is 12.6. The molecule has 0 bridgehead atoms. The van der Waals surface area contributed by atoms with Gasteiger partial charge in [-0.05, 0) is 31.5 Å². The minimum Gasteiger partial charge on any atom is -0.497 e. The van der Waals surface area contributed by atoms with Crippen LogP contribution < -0.4 is 15.6 Å². The van der Waals surface area contributed by atoms with Crippen molar-refractivity contribution in [2.45, 2.75) is 20.3 Å². The number of anilines is 1. The van der Waals surface area contributed by atoms with Gasteiger partial charge in [-0.3, -0.25) is 9.59 Å². The van der Waals surface area contributed by atoms with E-state index in [-0.39, 0.29) is 17.4 Å². The van der Waals surface area contributed by atoms with Crippen molar-refractivity contribution in [2.75, 3.05) is 12.4 Å². The van der Waals surface area contributed by atoms with E-state index in [0.717, 1.165) is 5.69 Å². The number of ether oxygens (including phenoxy) is 1. The highest BCUT2D eigenvalue weighted by molar-refractivity contribution is 6.04. The maximum absolute atomic E-state index is 12.6. The van der Waals surface area contributed by atoms with Crippen LogP contribution in [0.25, 0.3) is 5.95 Å². The van der Waals surface area contributed by atoms with E-state index in [2.05, 4.69) is 20.4 Å². The summed E-state index contributed by atoms with van der Waals surface area (Å²) in [6.45, 7) is 3.72. The molecular weight excluding hydrogens is 334 g/mol. The van der Waals surface area contributed by atoms with Crippen LogP contribution in [0.15, 0.2) is 41.2 Å². The molecule has 0 unspecified atom stereocenters. The van der Waals surface area contributed by atoms with Crippen molar-refractivity contribution in [3.8, 4) is 11.7 Å². The van der Waals surface area contributed by atoms with Crippen LogP contribution in [0.1, 0.15) is 28.7 Å². The molecule has 0 saturated carbocycles. The normalized spacial score (nSPS) is 10.6. The molecule has 2 N–H and O–H groups in total. The first-order chi connectivity index (χ1) is 12.5. The molecule has 134 valence electrons. The lowest BCUT2D eigenvalue weighted by Crippen LogP contribution is -2.19. The molecule has 2 heterocycles. The Kier molecular flexibility index (Phi) is 4.83. The monoisotopic (exact) mass is 353 g/mol. The van der Waals surface area contributed by atoms with E-state index in [0.29, 0.717) is 29.2 Å². The number of hydrogen-bond donors (Lipinski definition) is 2. The number of benzene rings is 1. The number of carbonyl (C=O) groups excluding carboxylic acids is 1. The standard InChI is InChI=1S/C18H19N5O3/c1-4-13-10-16(24)21-18(19-13)23-15(8-11(2)22-23)20-17(25)12-6-5-7-14(9-12)26-3/h5-10H,4H2,1-3H3,(H,20,25)(H,19,21,24). The minimum absolute atomic E-state index is 0.253. The van der Waals surface area contributed by atoms with Gasteiger partial charge < -0.3 is 15.0 Å². The van der Waals surface area contributed by atoms with Crippen LogP contribution in [0.5, 0.6) is 5.75 Å². The van der Waals surface area contributed by atoms with Crippen molar-refractivity contribution >= 4 is 11.7 Å². The third-order valence-electron chi connectivity index (χ3n) is 3.77. The Balaban J connectivity index is 1.96. The largest absolute Gasteiger partial charge is 0.497 e. The van der Waals surface area contributed by atoms with Crippen LogP contribution in [0.2, 0.25) is 0 Å². The van der Waals surface area contributed by atoms with Gasteiger partial charge in [0.05, 0.1) is 12.8 Å². The average Bonchev–Trinajstić information content (AvgIpc) is 3.01. The molecule has 3 aromatic rings. The number of rotatable bonds is 5. The molecule has 26 heavy (non-hydrogen) atoms. The SMILES string of the molecule is CCc1cc(=O)nc(-n2nc(C)cc2NC(=O)c2cccc(OC)c2)[nH]1. The Morgan fingerprint density at radius 3 is 2.85 bits per heavy atom. The third-order valence-corrected chi connectivity index (χ3v) is 3.77. The molecule has 1 aromatic carbocycles. The van der Waals surface area contributed by atoms with Crippen molar-refractivity contribution in [2.24, 2.45) is 0 Å². The van der Waals surface area contributed by atoms with Crippen LogP contribution in [-0.2, 0) is 6.42 Å². The van der Waals surface area contributed by atoms with Crippen LogP contribution >= 0.6 is 0 Å². The molecule has 0 atom stereocenters. The molecule has 0 radical (unpaired) electrons. The van der Waals surface area contributed by atoms with E-state index in [1.165, 1.54) is 17.9 Å². The Bertz CT molecular complexity index is 1010. The molecule has 0 aliphatic heterocycles. The van der Waals surface area contributed by atoms with Gasteiger partial charge >= 0.3 is 0 Å². The Hall–Kier alpha value is -3.42. The summed E-state index contributed by atoms with van der Waals surface area (Å²) < 4.78 is 6.55. The first kappa shape index (κ1) is 17.4. The number of H-pyrrole nitrogens is 1. The predicted molar refractivity (Wildman–Crippen MR) is 97.0 cm³/mol. The molecule has 0 spiro atoms. The van der Waals surface area contributed by atoms with E-state index in [4.69, 9.17) is 4.74 Å². The first-order valence-corrected chi connectivity index (χ1v) is 8.13. The second kappa shape index (κ2) is 7.22. The average molecular weight is 353 g/mol. The fourth-order valence-corrected chi connectivity index (χ4v) is 2.49. The van der Waals surface area contributed by atoms with E-state index in [1.807, 2.05) is 6.92 Å². The van der Waals surface area contributed by atoms with Crippen molar-refractivity contribution in [1.82, 2.24) is 19.7 Å². The quantitative estimate of drug-likeness (QED) is 0.731. The Morgan fingerprint density at radius 2 is 2.12 bits per heavy atom. The lowest BCUT2D eigenvalue weighted by molar-refractivity contribution is 0.102. The predicted octanol–water partition coefficient (Wildman–Crippen LogP) is 2.09. The van der Waals surface area contributed by atoms with Crippen LogP contribution in [-0.4, -0.2) is 32.8 Å². The van der Waals surface area contributed by atoms with Gasteiger partial charge in [-0.1, -0.05) is 13.0 Å². The molecule has 3 rings (SSSR count). The zero-order valence-electron chi connectivity index (χ0n) is 14.7. The smallest absolute Gasteiger partial charge is 0.274 e. The summed E-state index contributed by atoms with van der Waals surface area (Å²) >= 11 is 0. The topological polar surface area (TPSA) is 102 Å². The van der Waals surface area contributed by atoms with E-state index < -0.39 is 0 Å². The summed E-state index contributed by atoms with van der Waals surface area (Å²) in [5, 5.41) is 7.12. The third kappa shape index (κ3) is 3.64. The summed E-state index contributed by atoms with van der Waals surface area (Å²) in [7, 11) is 1.54. The fraction of sp³-hybridized carbons (Fsp3) is 0.222. The van der Waals surface area contributed by atoms with Gasteiger partial charge in [0.2, 0.25) is 5.95 Å². The van der Waals surface area contributed by atoms with Crippen LogP contribution in [0, 0.1) is 6.92 Å². The molecule has 0 fully saturated rings. The number of nitrogens with zero attached hydrogens (tertiary/aromatic N) is 3. The lowest BCUT2D eigenvalue weighted by atomic mass is 10.2. The second-order valence-electron chi connectivity index (χ2n) is 5.69. The number of carbonyl (C=O) groups is 1. The Labute approximate surface area is 149 Å².